The molecule has 0 amide bonds. The molecule has 0 fully saturated rings. The molecule has 0 bridgehead atoms. The molecule has 0 saturated heterocycles. The summed E-state index contributed by atoms with van der Waals surface area (Å²) in [5.74, 6) is -1.32. The zero-order valence-electron chi connectivity index (χ0n) is 9.51. The highest BCUT2D eigenvalue weighted by molar-refractivity contribution is 7.85. The summed E-state index contributed by atoms with van der Waals surface area (Å²) in [6.45, 7) is 3.95. The van der Waals surface area contributed by atoms with Crippen LogP contribution in [0.5, 0.6) is 0 Å². The van der Waals surface area contributed by atoms with E-state index in [1.807, 2.05) is 13.8 Å². The third-order valence-corrected chi connectivity index (χ3v) is 3.23. The summed E-state index contributed by atoms with van der Waals surface area (Å²) < 4.78 is 29.3. The number of hydrogen-bond donors (Lipinski definition) is 3. The molecule has 0 aromatic heterocycles. The minimum atomic E-state index is -3.96. The van der Waals surface area contributed by atoms with E-state index >= 15 is 0 Å². The maximum absolute atomic E-state index is 10.9. The van der Waals surface area contributed by atoms with Crippen molar-refractivity contribution in [3.05, 3.63) is 0 Å². The normalized spacial score (nSPS) is 15.7. The minimum absolute atomic E-state index is 0.0248. The molecule has 0 unspecified atom stereocenters. The van der Waals surface area contributed by atoms with Crippen molar-refractivity contribution in [3.63, 3.8) is 0 Å². The number of rotatable bonds is 8. The first-order valence-electron chi connectivity index (χ1n) is 5.19. The number of nitrogens with one attached hydrogen (secondary N) is 1. The van der Waals surface area contributed by atoms with Crippen LogP contribution in [0.3, 0.4) is 0 Å². The van der Waals surface area contributed by atoms with Gasteiger partial charge in [-0.15, -0.1) is 0 Å². The first-order valence-corrected chi connectivity index (χ1v) is 6.80. The molecule has 7 heteroatoms. The minimum Gasteiger partial charge on any atom is -0.480 e. The van der Waals surface area contributed by atoms with Crippen LogP contribution in [0.1, 0.15) is 26.7 Å². The molecule has 0 radical (unpaired) electrons. The Morgan fingerprint density at radius 3 is 2.38 bits per heavy atom. The molecule has 3 N–H and O–H groups in total. The molecule has 0 saturated carbocycles. The first-order chi connectivity index (χ1) is 7.28. The van der Waals surface area contributed by atoms with Gasteiger partial charge in [0, 0.05) is 0 Å². The van der Waals surface area contributed by atoms with Crippen molar-refractivity contribution in [2.75, 3.05) is 12.3 Å². The Labute approximate surface area is 95.8 Å². The maximum atomic E-state index is 10.9. The van der Waals surface area contributed by atoms with Crippen LogP contribution in [-0.4, -0.2) is 42.4 Å². The zero-order valence-corrected chi connectivity index (χ0v) is 10.3. The highest BCUT2D eigenvalue weighted by Gasteiger charge is 2.22. The lowest BCUT2D eigenvalue weighted by Crippen LogP contribution is -2.42. The van der Waals surface area contributed by atoms with Crippen molar-refractivity contribution < 1.29 is 22.9 Å². The molecule has 0 aliphatic carbocycles. The molecule has 6 nitrogen and oxygen atoms in total. The van der Waals surface area contributed by atoms with Gasteiger partial charge in [0.25, 0.3) is 10.1 Å². The van der Waals surface area contributed by atoms with E-state index in [0.29, 0.717) is 0 Å². The number of carboxylic acids is 1. The first kappa shape index (κ1) is 15.3. The van der Waals surface area contributed by atoms with Crippen molar-refractivity contribution in [3.8, 4) is 0 Å². The van der Waals surface area contributed by atoms with Gasteiger partial charge in [-0.3, -0.25) is 9.35 Å². The van der Waals surface area contributed by atoms with E-state index in [9.17, 15) is 13.2 Å². The van der Waals surface area contributed by atoms with E-state index in [0.717, 1.165) is 6.42 Å². The highest BCUT2D eigenvalue weighted by Crippen LogP contribution is 2.07. The van der Waals surface area contributed by atoms with E-state index in [2.05, 4.69) is 5.32 Å². The molecular weight excluding hydrogens is 234 g/mol. The summed E-state index contributed by atoms with van der Waals surface area (Å²) in [7, 11) is -3.96. The lowest BCUT2D eigenvalue weighted by Gasteiger charge is -2.19. The fourth-order valence-corrected chi connectivity index (χ4v) is 1.79. The molecule has 0 aromatic rings. The second-order valence-corrected chi connectivity index (χ2v) is 5.37. The second-order valence-electron chi connectivity index (χ2n) is 3.80. The van der Waals surface area contributed by atoms with Crippen LogP contribution in [-0.2, 0) is 14.9 Å². The van der Waals surface area contributed by atoms with Crippen molar-refractivity contribution in [1.29, 1.82) is 0 Å². The summed E-state index contributed by atoms with van der Waals surface area (Å²) in [5, 5.41) is 11.7. The van der Waals surface area contributed by atoms with Gasteiger partial charge in [0.1, 0.15) is 6.04 Å². The average Bonchev–Trinajstić information content (AvgIpc) is 2.14. The van der Waals surface area contributed by atoms with Gasteiger partial charge in [-0.05, 0) is 18.9 Å². The molecule has 0 heterocycles. The molecular formula is C9H19NO5S. The maximum Gasteiger partial charge on any atom is 0.320 e. The van der Waals surface area contributed by atoms with Crippen LogP contribution in [0.4, 0.5) is 0 Å². The van der Waals surface area contributed by atoms with Gasteiger partial charge >= 0.3 is 5.97 Å². The number of carboxylic acid groups (broad SMARTS) is 1. The molecule has 0 aliphatic heterocycles. The van der Waals surface area contributed by atoms with Crippen molar-refractivity contribution >= 4 is 16.1 Å². The standard InChI is InChI=1S/C9H19NO5S/c1-3-7(2)8(9(11)12)10-5-4-6-16(13,14)15/h7-8,10H,3-6H2,1-2H3,(H,11,12)(H,13,14,15)/t7-,8-/m0/s1. The van der Waals surface area contributed by atoms with Crippen LogP contribution in [0.2, 0.25) is 0 Å². The average molecular weight is 253 g/mol. The summed E-state index contributed by atoms with van der Waals surface area (Å²) in [6.07, 6.45) is 0.918. The van der Waals surface area contributed by atoms with Crippen molar-refractivity contribution in [2.45, 2.75) is 32.7 Å². The predicted molar refractivity (Wildman–Crippen MR) is 59.9 cm³/mol. The zero-order chi connectivity index (χ0) is 12.8. The quantitative estimate of drug-likeness (QED) is 0.426. The summed E-state index contributed by atoms with van der Waals surface area (Å²) in [5.41, 5.74) is 0. The Hall–Kier alpha value is -0.660. The molecule has 0 spiro atoms. The van der Waals surface area contributed by atoms with E-state index < -0.39 is 22.1 Å². The number of hydrogen-bond acceptors (Lipinski definition) is 4. The van der Waals surface area contributed by atoms with Crippen LogP contribution >= 0.6 is 0 Å². The number of carbonyl (C=O) groups is 1. The van der Waals surface area contributed by atoms with Gasteiger partial charge in [-0.2, -0.15) is 8.42 Å². The largest absolute Gasteiger partial charge is 0.480 e. The van der Waals surface area contributed by atoms with Gasteiger partial charge in [-0.1, -0.05) is 20.3 Å². The Morgan fingerprint density at radius 1 is 1.44 bits per heavy atom. The van der Waals surface area contributed by atoms with Crippen LogP contribution in [0.25, 0.3) is 0 Å². The van der Waals surface area contributed by atoms with Gasteiger partial charge in [0.2, 0.25) is 0 Å². The smallest absolute Gasteiger partial charge is 0.320 e. The Morgan fingerprint density at radius 2 is 2.00 bits per heavy atom. The monoisotopic (exact) mass is 253 g/mol. The highest BCUT2D eigenvalue weighted by atomic mass is 32.2. The summed E-state index contributed by atoms with van der Waals surface area (Å²) in [6, 6.07) is -0.675. The molecule has 96 valence electrons. The molecule has 16 heavy (non-hydrogen) atoms. The lowest BCUT2D eigenvalue weighted by atomic mass is 9.99. The SMILES string of the molecule is CC[C@H](C)[C@H](NCCCS(=O)(=O)O)C(=O)O. The van der Waals surface area contributed by atoms with Gasteiger partial charge in [0.15, 0.2) is 0 Å². The molecule has 0 rings (SSSR count). The fraction of sp³-hybridized carbons (Fsp3) is 0.889. The molecule has 2 atom stereocenters. The third kappa shape index (κ3) is 6.76. The second kappa shape index (κ2) is 6.82. The summed E-state index contributed by atoms with van der Waals surface area (Å²) in [4.78, 5) is 10.9. The fourth-order valence-electron chi connectivity index (χ4n) is 1.28. The van der Waals surface area contributed by atoms with E-state index in [-0.39, 0.29) is 24.6 Å². The number of aliphatic carboxylic acids is 1. The predicted octanol–water partition coefficient (Wildman–Crippen LogP) is 0.353. The lowest BCUT2D eigenvalue weighted by molar-refractivity contribution is -0.140. The molecule has 0 aliphatic rings. The van der Waals surface area contributed by atoms with Gasteiger partial charge in [-0.25, -0.2) is 0 Å². The van der Waals surface area contributed by atoms with Crippen molar-refractivity contribution in [2.24, 2.45) is 5.92 Å². The van der Waals surface area contributed by atoms with Crippen LogP contribution in [0, 0.1) is 5.92 Å². The van der Waals surface area contributed by atoms with Crippen molar-refractivity contribution in [1.82, 2.24) is 5.32 Å². The molecule has 0 aromatic carbocycles. The van der Waals surface area contributed by atoms with E-state index in [1.165, 1.54) is 0 Å². The Balaban J connectivity index is 4.00. The topological polar surface area (TPSA) is 104 Å². The Kier molecular flexibility index (Phi) is 6.54. The van der Waals surface area contributed by atoms with Gasteiger partial charge in [0.05, 0.1) is 5.75 Å². The summed E-state index contributed by atoms with van der Waals surface area (Å²) >= 11 is 0. The van der Waals surface area contributed by atoms with E-state index in [4.69, 9.17) is 9.66 Å². The van der Waals surface area contributed by atoms with E-state index in [1.54, 1.807) is 0 Å². The van der Waals surface area contributed by atoms with Gasteiger partial charge < -0.3 is 10.4 Å². The Bertz CT molecular complexity index is 314. The van der Waals surface area contributed by atoms with Crippen LogP contribution in [0.15, 0.2) is 0 Å². The third-order valence-electron chi connectivity index (χ3n) is 2.42. The van der Waals surface area contributed by atoms with Crippen LogP contribution < -0.4 is 5.32 Å².